The van der Waals surface area contributed by atoms with Crippen LogP contribution in [0.4, 0.5) is 0 Å². The van der Waals surface area contributed by atoms with E-state index in [2.05, 4.69) is 10.7 Å². The van der Waals surface area contributed by atoms with E-state index in [1.54, 1.807) is 17.5 Å². The van der Waals surface area contributed by atoms with E-state index < -0.39 is 5.97 Å². The Hall–Kier alpha value is -0.910. The zero-order valence-electron chi connectivity index (χ0n) is 6.56. The predicted octanol–water partition coefficient (Wildman–Crippen LogP) is 1.16. The molecule has 0 bridgehead atoms. The number of ketones is 1. The molecule has 0 aliphatic rings. The van der Waals surface area contributed by atoms with Gasteiger partial charge in [0.15, 0.2) is 5.78 Å². The summed E-state index contributed by atoms with van der Waals surface area (Å²) in [7, 11) is 0. The molecule has 0 fully saturated rings. The smallest absolute Gasteiger partial charge is 0.332 e. The Morgan fingerprint density at radius 1 is 1.54 bits per heavy atom. The lowest BCUT2D eigenvalue weighted by Crippen LogP contribution is -2.14. The molecule has 0 atom stereocenters. The molecule has 2 N–H and O–H groups in total. The first-order valence-electron chi connectivity index (χ1n) is 3.20. The average molecular weight is 222 g/mol. The van der Waals surface area contributed by atoms with Crippen molar-refractivity contribution in [2.24, 2.45) is 5.90 Å². The summed E-state index contributed by atoms with van der Waals surface area (Å²) in [6, 6.07) is 3.39. The fourth-order valence-electron chi connectivity index (χ4n) is 0.697. The molecule has 0 spiro atoms. The first-order valence-corrected chi connectivity index (χ1v) is 4.08. The van der Waals surface area contributed by atoms with Crippen molar-refractivity contribution in [2.75, 3.05) is 0 Å². The van der Waals surface area contributed by atoms with Crippen LogP contribution in [0.15, 0.2) is 17.5 Å². The molecule has 13 heavy (non-hydrogen) atoms. The molecule has 0 radical (unpaired) electrons. The summed E-state index contributed by atoms with van der Waals surface area (Å²) in [5.41, 5.74) is 0. The molecule has 0 amide bonds. The summed E-state index contributed by atoms with van der Waals surface area (Å²) in [6.45, 7) is 0. The van der Waals surface area contributed by atoms with E-state index in [1.807, 2.05) is 0 Å². The molecule has 0 saturated heterocycles. The maximum absolute atomic E-state index is 11.1. The third kappa shape index (κ3) is 3.54. The van der Waals surface area contributed by atoms with Crippen molar-refractivity contribution in [2.45, 2.75) is 6.42 Å². The summed E-state index contributed by atoms with van der Waals surface area (Å²) in [6.07, 6.45) is -0.295. The maximum Gasteiger partial charge on any atom is 0.332 e. The summed E-state index contributed by atoms with van der Waals surface area (Å²) < 4.78 is 0. The number of thiophene rings is 1. The van der Waals surface area contributed by atoms with Crippen LogP contribution in [-0.4, -0.2) is 11.8 Å². The zero-order chi connectivity index (χ0) is 8.97. The van der Waals surface area contributed by atoms with Gasteiger partial charge < -0.3 is 4.84 Å². The third-order valence-electron chi connectivity index (χ3n) is 1.23. The molecule has 0 aromatic carbocycles. The van der Waals surface area contributed by atoms with Gasteiger partial charge in [-0.25, -0.2) is 4.79 Å². The van der Waals surface area contributed by atoms with Crippen LogP contribution >= 0.6 is 23.7 Å². The van der Waals surface area contributed by atoms with Crippen molar-refractivity contribution < 1.29 is 14.4 Å². The fraction of sp³-hybridized carbons (Fsp3) is 0.143. The van der Waals surface area contributed by atoms with E-state index in [0.717, 1.165) is 0 Å². The van der Waals surface area contributed by atoms with Crippen molar-refractivity contribution >= 4 is 35.5 Å². The third-order valence-corrected chi connectivity index (χ3v) is 2.14. The van der Waals surface area contributed by atoms with E-state index in [1.165, 1.54) is 11.3 Å². The average Bonchev–Trinajstić information content (AvgIpc) is 2.56. The molecular weight excluding hydrogens is 214 g/mol. The zero-order valence-corrected chi connectivity index (χ0v) is 8.19. The van der Waals surface area contributed by atoms with Crippen molar-refractivity contribution in [3.63, 3.8) is 0 Å². The molecule has 6 heteroatoms. The van der Waals surface area contributed by atoms with Crippen LogP contribution in [0.2, 0.25) is 0 Å². The number of carbonyl (C=O) groups is 2. The van der Waals surface area contributed by atoms with Crippen molar-refractivity contribution in [3.05, 3.63) is 22.4 Å². The minimum atomic E-state index is -0.714. The minimum Gasteiger partial charge on any atom is -0.373 e. The van der Waals surface area contributed by atoms with E-state index in [4.69, 9.17) is 0 Å². The monoisotopic (exact) mass is 221 g/mol. The van der Waals surface area contributed by atoms with Crippen LogP contribution in [-0.2, 0) is 9.63 Å². The Morgan fingerprint density at radius 2 is 2.23 bits per heavy atom. The molecule has 1 heterocycles. The molecule has 4 nitrogen and oxygen atoms in total. The Morgan fingerprint density at radius 3 is 2.69 bits per heavy atom. The van der Waals surface area contributed by atoms with Gasteiger partial charge in [-0.15, -0.1) is 23.7 Å². The fourth-order valence-corrected chi connectivity index (χ4v) is 1.36. The van der Waals surface area contributed by atoms with Crippen LogP contribution < -0.4 is 5.90 Å². The van der Waals surface area contributed by atoms with Gasteiger partial charge in [-0.1, -0.05) is 6.07 Å². The molecule has 0 aliphatic carbocycles. The summed E-state index contributed by atoms with van der Waals surface area (Å²) >= 11 is 1.29. The maximum atomic E-state index is 11.1. The highest BCUT2D eigenvalue weighted by Gasteiger charge is 2.12. The number of hydrogen-bond acceptors (Lipinski definition) is 5. The number of rotatable bonds is 3. The van der Waals surface area contributed by atoms with Crippen molar-refractivity contribution in [3.8, 4) is 0 Å². The van der Waals surface area contributed by atoms with Gasteiger partial charge in [-0.2, -0.15) is 5.90 Å². The van der Waals surface area contributed by atoms with Gasteiger partial charge in [0, 0.05) is 0 Å². The summed E-state index contributed by atoms with van der Waals surface area (Å²) in [5, 5.41) is 1.76. The minimum absolute atomic E-state index is 0. The van der Waals surface area contributed by atoms with E-state index >= 15 is 0 Å². The van der Waals surface area contributed by atoms with E-state index in [9.17, 15) is 9.59 Å². The van der Waals surface area contributed by atoms with Gasteiger partial charge in [0.25, 0.3) is 0 Å². The lowest BCUT2D eigenvalue weighted by molar-refractivity contribution is -0.143. The number of carbonyl (C=O) groups excluding carboxylic acids is 2. The number of hydrogen-bond donors (Lipinski definition) is 1. The van der Waals surface area contributed by atoms with E-state index in [-0.39, 0.29) is 24.6 Å². The molecule has 1 rings (SSSR count). The highest BCUT2D eigenvalue weighted by atomic mass is 35.5. The van der Waals surface area contributed by atoms with Gasteiger partial charge in [0.1, 0.15) is 6.42 Å². The topological polar surface area (TPSA) is 69.4 Å². The summed E-state index contributed by atoms with van der Waals surface area (Å²) in [4.78, 5) is 26.1. The highest BCUT2D eigenvalue weighted by molar-refractivity contribution is 7.12. The highest BCUT2D eigenvalue weighted by Crippen LogP contribution is 2.10. The van der Waals surface area contributed by atoms with Crippen LogP contribution in [0.3, 0.4) is 0 Å². The SMILES string of the molecule is Cl.NOC(=O)CC(=O)c1cccs1. The van der Waals surface area contributed by atoms with Crippen LogP contribution in [0.25, 0.3) is 0 Å². The standard InChI is InChI=1S/C7H7NO3S.ClH/c8-11-7(10)4-5(9)6-2-1-3-12-6;/h1-3H,4,8H2;1H. The first kappa shape index (κ1) is 12.1. The predicted molar refractivity (Wildman–Crippen MR) is 50.8 cm³/mol. The normalized spacial score (nSPS) is 8.69. The van der Waals surface area contributed by atoms with Gasteiger partial charge in [0.2, 0.25) is 0 Å². The number of Topliss-reactive ketones (excluding diaryl/α,β-unsaturated/α-hetero) is 1. The molecule has 72 valence electrons. The molecular formula is C7H8ClNO3S. The molecule has 1 aromatic rings. The van der Waals surface area contributed by atoms with Crippen LogP contribution in [0.1, 0.15) is 16.1 Å². The Labute approximate surface area is 85.1 Å². The lowest BCUT2D eigenvalue weighted by Gasteiger charge is -1.94. The second-order valence-electron chi connectivity index (χ2n) is 2.07. The Kier molecular flexibility index (Phi) is 5.29. The number of nitrogens with two attached hydrogens (primary N) is 1. The number of halogens is 1. The molecule has 1 aromatic heterocycles. The Balaban J connectivity index is 0.00000144. The second kappa shape index (κ2) is 5.69. The van der Waals surface area contributed by atoms with E-state index in [0.29, 0.717) is 4.88 Å². The van der Waals surface area contributed by atoms with Gasteiger partial charge in [-0.05, 0) is 11.4 Å². The quantitative estimate of drug-likeness (QED) is 0.473. The van der Waals surface area contributed by atoms with Crippen LogP contribution in [0, 0.1) is 0 Å². The molecule has 0 unspecified atom stereocenters. The first-order chi connectivity index (χ1) is 5.74. The van der Waals surface area contributed by atoms with Crippen molar-refractivity contribution in [1.82, 2.24) is 0 Å². The second-order valence-corrected chi connectivity index (χ2v) is 3.01. The van der Waals surface area contributed by atoms with Gasteiger partial charge in [0.05, 0.1) is 4.88 Å². The lowest BCUT2D eigenvalue weighted by atomic mass is 10.2. The largest absolute Gasteiger partial charge is 0.373 e. The van der Waals surface area contributed by atoms with Crippen molar-refractivity contribution in [1.29, 1.82) is 0 Å². The van der Waals surface area contributed by atoms with Gasteiger partial charge >= 0.3 is 5.97 Å². The van der Waals surface area contributed by atoms with Crippen LogP contribution in [0.5, 0.6) is 0 Å². The Bertz CT molecular complexity index is 286. The molecule has 0 aliphatic heterocycles. The molecule has 0 saturated carbocycles. The van der Waals surface area contributed by atoms with Gasteiger partial charge in [-0.3, -0.25) is 4.79 Å². The summed E-state index contributed by atoms with van der Waals surface area (Å²) in [5.74, 6) is 3.60.